The Kier molecular flexibility index (Phi) is 6.31. The van der Waals surface area contributed by atoms with Crippen molar-refractivity contribution in [3.63, 3.8) is 0 Å². The molecule has 0 aliphatic carbocycles. The number of anilines is 1. The van der Waals surface area contributed by atoms with Crippen molar-refractivity contribution in [3.05, 3.63) is 80.7 Å². The minimum absolute atomic E-state index is 0.0371. The molecule has 1 heterocycles. The third-order valence-electron chi connectivity index (χ3n) is 4.59. The zero-order chi connectivity index (χ0) is 21.8. The maximum absolute atomic E-state index is 12.8. The number of hydrazone groups is 1. The Balaban J connectivity index is 1.76. The summed E-state index contributed by atoms with van der Waals surface area (Å²) in [7, 11) is 1.70. The molecule has 2 aromatic carbocycles. The van der Waals surface area contributed by atoms with Gasteiger partial charge in [0.1, 0.15) is 5.69 Å². The maximum atomic E-state index is 12.8. The minimum Gasteiger partial charge on any atom is -0.311 e. The third kappa shape index (κ3) is 4.41. The highest BCUT2D eigenvalue weighted by Gasteiger charge is 2.21. The molecular weight excluding hydrogens is 450 g/mol. The number of carbonyl (C=O) groups is 2. The molecule has 154 valence electrons. The van der Waals surface area contributed by atoms with Crippen molar-refractivity contribution < 1.29 is 9.59 Å². The molecule has 9 heteroatoms. The van der Waals surface area contributed by atoms with Crippen molar-refractivity contribution in [2.45, 2.75) is 13.8 Å². The van der Waals surface area contributed by atoms with Gasteiger partial charge in [-0.3, -0.25) is 19.1 Å². The van der Waals surface area contributed by atoms with Gasteiger partial charge in [-0.25, -0.2) is 10.1 Å². The van der Waals surface area contributed by atoms with Gasteiger partial charge in [0.2, 0.25) is 0 Å². The molecule has 30 heavy (non-hydrogen) atoms. The molecule has 0 radical (unpaired) electrons. The summed E-state index contributed by atoms with van der Waals surface area (Å²) in [4.78, 5) is 37.3. The van der Waals surface area contributed by atoms with Crippen LogP contribution in [-0.4, -0.2) is 26.9 Å². The van der Waals surface area contributed by atoms with E-state index >= 15 is 0 Å². The molecule has 2 amide bonds. The van der Waals surface area contributed by atoms with Crippen LogP contribution in [0.2, 0.25) is 0 Å². The highest BCUT2D eigenvalue weighted by atomic mass is 79.9. The average Bonchev–Trinajstić information content (AvgIpc) is 2.96. The standard InChI is InChI=1S/C21H20BrN5O3/c1-13(15-9-11-16(22)12-10-15)24-25-20(29)19(28)23-18-14(2)26(3)27(21(18)30)17-7-5-4-6-8-17/h4-12H,1-3H3,(H,23,28)(H,25,29)/b24-13+. The van der Waals surface area contributed by atoms with E-state index < -0.39 is 17.4 Å². The van der Waals surface area contributed by atoms with Gasteiger partial charge < -0.3 is 5.32 Å². The second-order valence-corrected chi connectivity index (χ2v) is 7.45. The number of benzene rings is 2. The summed E-state index contributed by atoms with van der Waals surface area (Å²) in [5, 5.41) is 6.35. The van der Waals surface area contributed by atoms with Crippen molar-refractivity contribution in [1.82, 2.24) is 14.8 Å². The molecule has 0 fully saturated rings. The molecule has 0 unspecified atom stereocenters. The number of hydrogen-bond acceptors (Lipinski definition) is 4. The number of nitrogens with zero attached hydrogens (tertiary/aromatic N) is 3. The minimum atomic E-state index is -0.978. The van der Waals surface area contributed by atoms with Crippen LogP contribution in [0.15, 0.2) is 69.0 Å². The van der Waals surface area contributed by atoms with Gasteiger partial charge in [-0.1, -0.05) is 46.3 Å². The Morgan fingerprint density at radius 2 is 1.63 bits per heavy atom. The smallest absolute Gasteiger partial charge is 0.311 e. The van der Waals surface area contributed by atoms with Gasteiger partial charge in [0.05, 0.1) is 17.1 Å². The van der Waals surface area contributed by atoms with Crippen LogP contribution in [0, 0.1) is 6.92 Å². The van der Waals surface area contributed by atoms with E-state index in [4.69, 9.17) is 0 Å². The van der Waals surface area contributed by atoms with Crippen LogP contribution in [0.1, 0.15) is 18.2 Å². The summed E-state index contributed by atoms with van der Waals surface area (Å²) in [6.45, 7) is 3.39. The van der Waals surface area contributed by atoms with Crippen LogP contribution in [0.4, 0.5) is 5.69 Å². The molecule has 3 aromatic rings. The van der Waals surface area contributed by atoms with Crippen molar-refractivity contribution in [2.75, 3.05) is 5.32 Å². The molecular formula is C21H20BrN5O3. The van der Waals surface area contributed by atoms with E-state index in [0.29, 0.717) is 17.1 Å². The molecule has 0 aliphatic rings. The normalized spacial score (nSPS) is 11.3. The first-order valence-electron chi connectivity index (χ1n) is 9.05. The zero-order valence-electron chi connectivity index (χ0n) is 16.6. The van der Waals surface area contributed by atoms with Gasteiger partial charge >= 0.3 is 11.8 Å². The highest BCUT2D eigenvalue weighted by molar-refractivity contribution is 9.10. The molecule has 1 aromatic heterocycles. The van der Waals surface area contributed by atoms with Crippen LogP contribution < -0.4 is 16.3 Å². The van der Waals surface area contributed by atoms with Gasteiger partial charge in [-0.15, -0.1) is 0 Å². The number of aromatic nitrogens is 2. The van der Waals surface area contributed by atoms with Crippen LogP contribution in [0.25, 0.3) is 5.69 Å². The van der Waals surface area contributed by atoms with Crippen LogP contribution in [0.3, 0.4) is 0 Å². The first-order valence-corrected chi connectivity index (χ1v) is 9.84. The van der Waals surface area contributed by atoms with E-state index in [1.54, 1.807) is 37.7 Å². The van der Waals surface area contributed by atoms with E-state index in [1.807, 2.05) is 42.5 Å². The summed E-state index contributed by atoms with van der Waals surface area (Å²) < 4.78 is 3.95. The predicted molar refractivity (Wildman–Crippen MR) is 119 cm³/mol. The number of carbonyl (C=O) groups excluding carboxylic acids is 2. The number of para-hydroxylation sites is 1. The molecule has 8 nitrogen and oxygen atoms in total. The second-order valence-electron chi connectivity index (χ2n) is 6.54. The molecule has 0 saturated carbocycles. The third-order valence-corrected chi connectivity index (χ3v) is 5.11. The largest absolute Gasteiger partial charge is 0.329 e. The molecule has 0 saturated heterocycles. The molecule has 3 rings (SSSR count). The van der Waals surface area contributed by atoms with E-state index in [-0.39, 0.29) is 5.69 Å². The lowest BCUT2D eigenvalue weighted by atomic mass is 10.1. The Morgan fingerprint density at radius 1 is 1.00 bits per heavy atom. The number of amides is 2. The molecule has 0 bridgehead atoms. The summed E-state index contributed by atoms with van der Waals surface area (Å²) >= 11 is 3.35. The molecule has 0 spiro atoms. The topological polar surface area (TPSA) is 97.5 Å². The summed E-state index contributed by atoms with van der Waals surface area (Å²) in [5.41, 5.74) is 4.31. The first kappa shape index (κ1) is 21.3. The van der Waals surface area contributed by atoms with E-state index in [9.17, 15) is 14.4 Å². The van der Waals surface area contributed by atoms with E-state index in [2.05, 4.69) is 31.8 Å². The SMILES string of the molecule is C/C(=N\NC(=O)C(=O)Nc1c(C)n(C)n(-c2ccccc2)c1=O)c1ccc(Br)cc1. The summed E-state index contributed by atoms with van der Waals surface area (Å²) in [6, 6.07) is 16.4. The second kappa shape index (κ2) is 8.91. The van der Waals surface area contributed by atoms with Gasteiger partial charge in [0.25, 0.3) is 5.56 Å². The van der Waals surface area contributed by atoms with Gasteiger partial charge in [-0.2, -0.15) is 5.10 Å². The van der Waals surface area contributed by atoms with Crippen molar-refractivity contribution in [2.24, 2.45) is 12.1 Å². The number of rotatable bonds is 4. The first-order chi connectivity index (χ1) is 14.3. The molecule has 0 atom stereocenters. The monoisotopic (exact) mass is 469 g/mol. The Morgan fingerprint density at radius 3 is 2.27 bits per heavy atom. The van der Waals surface area contributed by atoms with Gasteiger partial charge in [0.15, 0.2) is 0 Å². The summed E-state index contributed by atoms with van der Waals surface area (Å²) in [5.74, 6) is -1.95. The van der Waals surface area contributed by atoms with Crippen LogP contribution in [0.5, 0.6) is 0 Å². The van der Waals surface area contributed by atoms with Crippen molar-refractivity contribution in [1.29, 1.82) is 0 Å². The van der Waals surface area contributed by atoms with Crippen LogP contribution in [-0.2, 0) is 16.6 Å². The van der Waals surface area contributed by atoms with Crippen LogP contribution >= 0.6 is 15.9 Å². The lowest BCUT2D eigenvalue weighted by Crippen LogP contribution is -2.34. The Labute approximate surface area is 181 Å². The van der Waals surface area contributed by atoms with Crippen molar-refractivity contribution in [3.8, 4) is 5.69 Å². The predicted octanol–water partition coefficient (Wildman–Crippen LogP) is 2.73. The highest BCUT2D eigenvalue weighted by Crippen LogP contribution is 2.14. The fourth-order valence-electron chi connectivity index (χ4n) is 2.82. The fourth-order valence-corrected chi connectivity index (χ4v) is 3.09. The van der Waals surface area contributed by atoms with E-state index in [1.165, 1.54) is 4.68 Å². The quantitative estimate of drug-likeness (QED) is 0.349. The van der Waals surface area contributed by atoms with Gasteiger partial charge in [-0.05, 0) is 43.7 Å². The summed E-state index contributed by atoms with van der Waals surface area (Å²) in [6.07, 6.45) is 0. The lowest BCUT2D eigenvalue weighted by Gasteiger charge is -2.07. The molecule has 0 aliphatic heterocycles. The number of nitrogens with one attached hydrogen (secondary N) is 2. The Hall–Kier alpha value is -3.46. The lowest BCUT2D eigenvalue weighted by molar-refractivity contribution is -0.136. The number of hydrogen-bond donors (Lipinski definition) is 2. The zero-order valence-corrected chi connectivity index (χ0v) is 18.2. The molecule has 2 N–H and O–H groups in total. The Bertz CT molecular complexity index is 1180. The van der Waals surface area contributed by atoms with Gasteiger partial charge in [0, 0.05) is 11.5 Å². The maximum Gasteiger partial charge on any atom is 0.329 e. The number of halogens is 1. The van der Waals surface area contributed by atoms with Crippen molar-refractivity contribution >= 4 is 39.1 Å². The fraction of sp³-hybridized carbons (Fsp3) is 0.143. The average molecular weight is 470 g/mol. The van der Waals surface area contributed by atoms with E-state index in [0.717, 1.165) is 10.0 Å².